The molecule has 3 aromatic rings. The Labute approximate surface area is 204 Å². The minimum Gasteiger partial charge on any atom is -0.493 e. The molecule has 35 heavy (non-hydrogen) atoms. The third kappa shape index (κ3) is 4.51. The van der Waals surface area contributed by atoms with Crippen LogP contribution in [0.3, 0.4) is 0 Å². The van der Waals surface area contributed by atoms with E-state index in [1.54, 1.807) is 41.3 Å². The van der Waals surface area contributed by atoms with Gasteiger partial charge in [0.25, 0.3) is 5.91 Å². The Kier molecular flexibility index (Phi) is 6.03. The number of carbonyl (C=O) groups excluding carboxylic acids is 2. The zero-order valence-corrected chi connectivity index (χ0v) is 19.8. The first-order valence-corrected chi connectivity index (χ1v) is 11.5. The van der Waals surface area contributed by atoms with Crippen LogP contribution in [0.25, 0.3) is 0 Å². The molecule has 0 radical (unpaired) electrons. The second kappa shape index (κ2) is 9.29. The van der Waals surface area contributed by atoms with E-state index >= 15 is 0 Å². The lowest BCUT2D eigenvalue weighted by atomic mass is 10.0. The number of aromatic nitrogens is 1. The Morgan fingerprint density at radius 2 is 1.91 bits per heavy atom. The quantitative estimate of drug-likeness (QED) is 0.533. The van der Waals surface area contributed by atoms with Crippen LogP contribution in [0.4, 0.5) is 10.5 Å². The molecule has 1 atom stereocenters. The van der Waals surface area contributed by atoms with Crippen LogP contribution in [0.1, 0.15) is 28.0 Å². The third-order valence-electron chi connectivity index (χ3n) is 6.44. The molecule has 0 aliphatic carbocycles. The fraction of sp³-hybridized carbons (Fsp3) is 0.296. The highest BCUT2D eigenvalue weighted by Crippen LogP contribution is 2.38. The Hall–Kier alpha value is -4.07. The zero-order valence-electron chi connectivity index (χ0n) is 19.8. The first kappa shape index (κ1) is 22.7. The average Bonchev–Trinajstić information content (AvgIpc) is 3.45. The molecule has 3 heterocycles. The molecule has 8 heteroatoms. The summed E-state index contributed by atoms with van der Waals surface area (Å²) in [4.78, 5) is 33.9. The van der Waals surface area contributed by atoms with Crippen molar-refractivity contribution in [2.75, 3.05) is 31.6 Å². The number of aryl methyl sites for hydroxylation is 1. The third-order valence-corrected chi connectivity index (χ3v) is 6.44. The molecule has 180 valence electrons. The monoisotopic (exact) mass is 473 g/mol. The number of rotatable bonds is 6. The summed E-state index contributed by atoms with van der Waals surface area (Å²) in [6.45, 7) is 3.40. The van der Waals surface area contributed by atoms with Crippen molar-refractivity contribution in [2.24, 2.45) is 0 Å². The highest BCUT2D eigenvalue weighted by atomic mass is 16.6. The number of hydrogen-bond acceptors (Lipinski definition) is 6. The largest absolute Gasteiger partial charge is 0.493 e. The fourth-order valence-corrected chi connectivity index (χ4v) is 4.57. The molecule has 2 aromatic carbocycles. The second-order valence-corrected chi connectivity index (χ2v) is 8.90. The lowest BCUT2D eigenvalue weighted by Gasteiger charge is -2.23. The minimum atomic E-state index is -0.731. The Morgan fingerprint density at radius 3 is 2.66 bits per heavy atom. The number of anilines is 1. The molecule has 8 nitrogen and oxygen atoms in total. The number of nitrogens with zero attached hydrogens (tertiary/aromatic N) is 3. The van der Waals surface area contributed by atoms with Gasteiger partial charge in [-0.15, -0.1) is 0 Å². The van der Waals surface area contributed by atoms with E-state index < -0.39 is 5.60 Å². The Bertz CT molecular complexity index is 1230. The predicted octanol–water partition coefficient (Wildman–Crippen LogP) is 4.22. The number of carbonyl (C=O) groups is 2. The van der Waals surface area contributed by atoms with Crippen molar-refractivity contribution in [2.45, 2.75) is 25.6 Å². The van der Waals surface area contributed by atoms with Crippen LogP contribution in [0.5, 0.6) is 11.5 Å². The van der Waals surface area contributed by atoms with Crippen molar-refractivity contribution in [3.8, 4) is 11.5 Å². The lowest BCUT2D eigenvalue weighted by molar-refractivity contribution is 0.0551. The number of ether oxygens (including phenoxy) is 3. The van der Waals surface area contributed by atoms with Gasteiger partial charge in [-0.2, -0.15) is 0 Å². The van der Waals surface area contributed by atoms with Gasteiger partial charge in [-0.25, -0.2) is 4.79 Å². The summed E-state index contributed by atoms with van der Waals surface area (Å²) in [6.07, 6.45) is 1.88. The van der Waals surface area contributed by atoms with E-state index in [0.29, 0.717) is 43.1 Å². The maximum Gasteiger partial charge on any atom is 0.415 e. The van der Waals surface area contributed by atoms with Crippen molar-refractivity contribution in [3.05, 3.63) is 83.7 Å². The number of para-hydroxylation sites is 1. The predicted molar refractivity (Wildman–Crippen MR) is 130 cm³/mol. The standard InChI is InChI=1S/C27H27N3O5/c1-19-9-11-21(12-10-19)30-18-27(35-26(30)32)13-15-29(17-27)25(31)22-7-5-8-23(33-2)24(22)34-16-20-6-3-4-14-28-20/h3-12,14H,13,15-18H2,1-2H3/t27-/m1/s1. The fourth-order valence-electron chi connectivity index (χ4n) is 4.57. The van der Waals surface area contributed by atoms with Gasteiger partial charge in [0, 0.05) is 24.8 Å². The molecule has 2 aliphatic rings. The molecule has 0 N–H and O–H groups in total. The molecule has 0 unspecified atom stereocenters. The van der Waals surface area contributed by atoms with Crippen molar-refractivity contribution in [3.63, 3.8) is 0 Å². The summed E-state index contributed by atoms with van der Waals surface area (Å²) >= 11 is 0. The van der Waals surface area contributed by atoms with Crippen LogP contribution in [0.15, 0.2) is 66.9 Å². The molecule has 5 rings (SSSR count). The molecule has 0 bridgehead atoms. The van der Waals surface area contributed by atoms with Crippen LogP contribution in [0.2, 0.25) is 0 Å². The number of hydrogen-bond donors (Lipinski definition) is 0. The lowest BCUT2D eigenvalue weighted by Crippen LogP contribution is -2.39. The number of pyridine rings is 1. The maximum atomic E-state index is 13.6. The summed E-state index contributed by atoms with van der Waals surface area (Å²) in [5.74, 6) is 0.650. The highest BCUT2D eigenvalue weighted by Gasteiger charge is 2.51. The molecule has 2 amide bonds. The van der Waals surface area contributed by atoms with Crippen LogP contribution in [-0.4, -0.2) is 54.2 Å². The van der Waals surface area contributed by atoms with Gasteiger partial charge in [-0.05, 0) is 43.3 Å². The highest BCUT2D eigenvalue weighted by molar-refractivity contribution is 5.98. The average molecular weight is 474 g/mol. The van der Waals surface area contributed by atoms with Gasteiger partial charge in [-0.3, -0.25) is 14.7 Å². The van der Waals surface area contributed by atoms with Gasteiger partial charge < -0.3 is 19.1 Å². The SMILES string of the molecule is COc1cccc(C(=O)N2CC[C@@]3(C2)CN(c2ccc(C)cc2)C(=O)O3)c1OCc1ccccn1. The van der Waals surface area contributed by atoms with Crippen LogP contribution >= 0.6 is 0 Å². The Morgan fingerprint density at radius 1 is 1.09 bits per heavy atom. The van der Waals surface area contributed by atoms with E-state index in [1.807, 2.05) is 49.4 Å². The second-order valence-electron chi connectivity index (χ2n) is 8.90. The van der Waals surface area contributed by atoms with E-state index in [9.17, 15) is 9.59 Å². The van der Waals surface area contributed by atoms with Crippen LogP contribution < -0.4 is 14.4 Å². The van der Waals surface area contributed by atoms with Gasteiger partial charge in [0.05, 0.1) is 31.5 Å². The van der Waals surface area contributed by atoms with Gasteiger partial charge in [0.15, 0.2) is 17.1 Å². The first-order valence-electron chi connectivity index (χ1n) is 11.5. The van der Waals surface area contributed by atoms with Gasteiger partial charge in [-0.1, -0.05) is 29.8 Å². The van der Waals surface area contributed by atoms with Crippen LogP contribution in [-0.2, 0) is 11.3 Å². The zero-order chi connectivity index (χ0) is 24.4. The molecule has 1 aromatic heterocycles. The van der Waals surface area contributed by atoms with E-state index in [1.165, 1.54) is 0 Å². The van der Waals surface area contributed by atoms with E-state index in [-0.39, 0.29) is 18.6 Å². The van der Waals surface area contributed by atoms with E-state index in [2.05, 4.69) is 4.98 Å². The molecule has 2 aliphatic heterocycles. The van der Waals surface area contributed by atoms with E-state index in [4.69, 9.17) is 14.2 Å². The smallest absolute Gasteiger partial charge is 0.415 e. The molecule has 2 fully saturated rings. The topological polar surface area (TPSA) is 81.2 Å². The summed E-state index contributed by atoms with van der Waals surface area (Å²) in [7, 11) is 1.54. The summed E-state index contributed by atoms with van der Waals surface area (Å²) in [5, 5.41) is 0. The van der Waals surface area contributed by atoms with Gasteiger partial charge in [0.1, 0.15) is 6.61 Å². The van der Waals surface area contributed by atoms with Gasteiger partial charge in [0.2, 0.25) is 0 Å². The maximum absolute atomic E-state index is 13.6. The summed E-state index contributed by atoms with van der Waals surface area (Å²) < 4.78 is 17.3. The van der Waals surface area contributed by atoms with Crippen molar-refractivity contribution < 1.29 is 23.8 Å². The molecule has 1 spiro atoms. The van der Waals surface area contributed by atoms with Crippen LogP contribution in [0, 0.1) is 6.92 Å². The van der Waals surface area contributed by atoms with Crippen molar-refractivity contribution in [1.29, 1.82) is 0 Å². The molecule has 2 saturated heterocycles. The van der Waals surface area contributed by atoms with E-state index in [0.717, 1.165) is 16.9 Å². The van der Waals surface area contributed by atoms with Crippen molar-refractivity contribution in [1.82, 2.24) is 9.88 Å². The normalized spacial score (nSPS) is 19.2. The molecular weight excluding hydrogens is 446 g/mol. The first-order chi connectivity index (χ1) is 17.0. The van der Waals surface area contributed by atoms with Gasteiger partial charge >= 0.3 is 6.09 Å². The summed E-state index contributed by atoms with van der Waals surface area (Å²) in [5.41, 5.74) is 2.32. The number of likely N-dealkylation sites (tertiary alicyclic amines) is 1. The van der Waals surface area contributed by atoms with Crippen molar-refractivity contribution >= 4 is 17.7 Å². The molecule has 0 saturated carbocycles. The number of amides is 2. The summed E-state index contributed by atoms with van der Waals surface area (Å²) in [6, 6.07) is 18.6. The molecular formula is C27H27N3O5. The number of benzene rings is 2. The Balaban J connectivity index is 1.33. The minimum absolute atomic E-state index is 0.193. The number of methoxy groups -OCH3 is 1.